The lowest BCUT2D eigenvalue weighted by atomic mass is 10.2. The van der Waals surface area contributed by atoms with Gasteiger partial charge >= 0.3 is 0 Å². The molecule has 2 aromatic heterocycles. The summed E-state index contributed by atoms with van der Waals surface area (Å²) in [6, 6.07) is 5.51. The van der Waals surface area contributed by atoms with E-state index in [1.807, 2.05) is 33.9 Å². The number of rotatable bonds is 4. The highest BCUT2D eigenvalue weighted by atomic mass is 16.2. The van der Waals surface area contributed by atoms with Crippen LogP contribution >= 0.6 is 0 Å². The van der Waals surface area contributed by atoms with Crippen LogP contribution in [0.1, 0.15) is 40.1 Å². The molecule has 0 aliphatic rings. The fourth-order valence-electron chi connectivity index (χ4n) is 2.99. The summed E-state index contributed by atoms with van der Waals surface area (Å²) < 4.78 is 3.90. The number of amides is 1. The summed E-state index contributed by atoms with van der Waals surface area (Å²) >= 11 is 0. The number of carbonyl (C=O) groups is 1. The molecule has 0 atom stereocenters. The molecule has 0 bridgehead atoms. The fraction of sp³-hybridized carbons (Fsp3) is 0.333. The Bertz CT molecular complexity index is 979. The fourth-order valence-corrected chi connectivity index (χ4v) is 2.99. The first-order valence-electron chi connectivity index (χ1n) is 8.22. The minimum Gasteiger partial charge on any atom is -0.329 e. The Hall–Kier alpha value is -2.96. The molecular formula is C18H22N6O. The van der Waals surface area contributed by atoms with E-state index in [1.165, 1.54) is 0 Å². The van der Waals surface area contributed by atoms with Gasteiger partial charge in [0.1, 0.15) is 5.82 Å². The molecule has 0 aliphatic carbocycles. The highest BCUT2D eigenvalue weighted by Gasteiger charge is 2.11. The van der Waals surface area contributed by atoms with Gasteiger partial charge in [-0.25, -0.2) is 10.4 Å². The van der Waals surface area contributed by atoms with Gasteiger partial charge in [-0.15, -0.1) is 0 Å². The summed E-state index contributed by atoms with van der Waals surface area (Å²) in [7, 11) is 1.88. The molecule has 0 radical (unpaired) electrons. The molecule has 7 nitrogen and oxygen atoms in total. The molecule has 1 aromatic carbocycles. The lowest BCUT2D eigenvalue weighted by molar-refractivity contribution is 0.0955. The van der Waals surface area contributed by atoms with Crippen LogP contribution in [0.15, 0.2) is 23.3 Å². The van der Waals surface area contributed by atoms with Gasteiger partial charge in [-0.2, -0.15) is 10.2 Å². The van der Waals surface area contributed by atoms with Crippen molar-refractivity contribution in [2.75, 3.05) is 0 Å². The van der Waals surface area contributed by atoms with E-state index in [0.29, 0.717) is 5.56 Å². The Balaban J connectivity index is 1.79. The predicted octanol–water partition coefficient (Wildman–Crippen LogP) is 2.48. The second-order valence-corrected chi connectivity index (χ2v) is 6.01. The van der Waals surface area contributed by atoms with Gasteiger partial charge in [-0.3, -0.25) is 9.48 Å². The number of imidazole rings is 1. The van der Waals surface area contributed by atoms with Crippen LogP contribution in [0.5, 0.6) is 0 Å². The van der Waals surface area contributed by atoms with Crippen molar-refractivity contribution < 1.29 is 4.79 Å². The highest BCUT2D eigenvalue weighted by Crippen LogP contribution is 2.17. The number of aryl methyl sites for hydroxylation is 4. The summed E-state index contributed by atoms with van der Waals surface area (Å²) in [4.78, 5) is 16.8. The molecule has 7 heteroatoms. The standard InChI is InChI=1S/C18H22N6O/c1-6-24-13(4)20-16-9-14(7-8-17(16)24)18(25)21-19-10-15-11(2)22-23(5)12(15)3/h7-10H,6H2,1-5H3,(H,21,25)/b19-10-. The van der Waals surface area contributed by atoms with E-state index in [9.17, 15) is 4.79 Å². The van der Waals surface area contributed by atoms with Gasteiger partial charge in [0.25, 0.3) is 5.91 Å². The van der Waals surface area contributed by atoms with Crippen LogP contribution in [0.3, 0.4) is 0 Å². The zero-order valence-corrected chi connectivity index (χ0v) is 15.2. The van der Waals surface area contributed by atoms with Crippen molar-refractivity contribution in [3.05, 3.63) is 46.5 Å². The third kappa shape index (κ3) is 3.05. The number of hydrogen-bond acceptors (Lipinski definition) is 4. The average molecular weight is 338 g/mol. The van der Waals surface area contributed by atoms with Crippen molar-refractivity contribution in [2.24, 2.45) is 12.1 Å². The Morgan fingerprint density at radius 1 is 1.32 bits per heavy atom. The van der Waals surface area contributed by atoms with Crippen molar-refractivity contribution in [1.29, 1.82) is 0 Å². The normalized spacial score (nSPS) is 11.6. The smallest absolute Gasteiger partial charge is 0.271 e. The number of fused-ring (bicyclic) bond motifs is 1. The topological polar surface area (TPSA) is 77.1 Å². The zero-order chi connectivity index (χ0) is 18.1. The van der Waals surface area contributed by atoms with Crippen molar-refractivity contribution in [2.45, 2.75) is 34.2 Å². The molecule has 0 saturated heterocycles. The van der Waals surface area contributed by atoms with Crippen molar-refractivity contribution in [3.8, 4) is 0 Å². The minimum absolute atomic E-state index is 0.263. The molecule has 3 aromatic rings. The first kappa shape index (κ1) is 16.9. The van der Waals surface area contributed by atoms with Gasteiger partial charge < -0.3 is 4.57 Å². The van der Waals surface area contributed by atoms with Crippen LogP contribution in [0.4, 0.5) is 0 Å². The van der Waals surface area contributed by atoms with Gasteiger partial charge in [0.05, 0.1) is 22.9 Å². The number of nitrogens with one attached hydrogen (secondary N) is 1. The molecule has 2 heterocycles. The van der Waals surface area contributed by atoms with Gasteiger partial charge in [0, 0.05) is 30.4 Å². The molecule has 0 fully saturated rings. The minimum atomic E-state index is -0.263. The van der Waals surface area contributed by atoms with Gasteiger partial charge in [-0.05, 0) is 45.9 Å². The number of benzene rings is 1. The molecular weight excluding hydrogens is 316 g/mol. The van der Waals surface area contributed by atoms with Crippen LogP contribution < -0.4 is 5.43 Å². The summed E-state index contributed by atoms with van der Waals surface area (Å²) in [5.41, 5.74) is 7.73. The molecule has 25 heavy (non-hydrogen) atoms. The Labute approximate surface area is 146 Å². The van der Waals surface area contributed by atoms with E-state index >= 15 is 0 Å². The Morgan fingerprint density at radius 2 is 2.08 bits per heavy atom. The monoisotopic (exact) mass is 338 g/mol. The molecule has 1 amide bonds. The highest BCUT2D eigenvalue weighted by molar-refractivity contribution is 5.98. The molecule has 1 N–H and O–H groups in total. The van der Waals surface area contributed by atoms with E-state index in [0.717, 1.165) is 40.4 Å². The van der Waals surface area contributed by atoms with E-state index in [2.05, 4.69) is 32.1 Å². The lowest BCUT2D eigenvalue weighted by Gasteiger charge is -2.03. The molecule has 0 spiro atoms. The maximum atomic E-state index is 12.3. The quantitative estimate of drug-likeness (QED) is 0.586. The van der Waals surface area contributed by atoms with Crippen LogP contribution in [0.25, 0.3) is 11.0 Å². The number of aromatic nitrogens is 4. The summed E-state index contributed by atoms with van der Waals surface area (Å²) in [5, 5.41) is 8.39. The maximum absolute atomic E-state index is 12.3. The number of carbonyl (C=O) groups excluding carboxylic acids is 1. The van der Waals surface area contributed by atoms with Crippen LogP contribution in [-0.4, -0.2) is 31.5 Å². The molecule has 0 unspecified atom stereocenters. The number of hydrazone groups is 1. The van der Waals surface area contributed by atoms with Crippen LogP contribution in [0.2, 0.25) is 0 Å². The van der Waals surface area contributed by atoms with Gasteiger partial charge in [-0.1, -0.05) is 0 Å². The first-order valence-corrected chi connectivity index (χ1v) is 8.22. The maximum Gasteiger partial charge on any atom is 0.271 e. The second-order valence-electron chi connectivity index (χ2n) is 6.01. The third-order valence-corrected chi connectivity index (χ3v) is 4.44. The molecule has 0 aliphatic heterocycles. The average Bonchev–Trinajstić information content (AvgIpc) is 3.03. The number of hydrogen-bond donors (Lipinski definition) is 1. The van der Waals surface area contributed by atoms with Gasteiger partial charge in [0.2, 0.25) is 0 Å². The van der Waals surface area contributed by atoms with Crippen molar-refractivity contribution in [1.82, 2.24) is 24.8 Å². The van der Waals surface area contributed by atoms with Crippen molar-refractivity contribution >= 4 is 23.2 Å². The third-order valence-electron chi connectivity index (χ3n) is 4.44. The van der Waals surface area contributed by atoms with E-state index in [-0.39, 0.29) is 5.91 Å². The van der Waals surface area contributed by atoms with E-state index in [4.69, 9.17) is 0 Å². The SMILES string of the molecule is CCn1c(C)nc2cc(C(=O)N/N=C\c3c(C)nn(C)c3C)ccc21. The second kappa shape index (κ2) is 6.51. The summed E-state index contributed by atoms with van der Waals surface area (Å²) in [5.74, 6) is 0.677. The number of nitrogens with zero attached hydrogens (tertiary/aromatic N) is 5. The molecule has 0 saturated carbocycles. The molecule has 3 rings (SSSR count). The van der Waals surface area contributed by atoms with Crippen molar-refractivity contribution in [3.63, 3.8) is 0 Å². The first-order chi connectivity index (χ1) is 11.9. The van der Waals surface area contributed by atoms with E-state index < -0.39 is 0 Å². The lowest BCUT2D eigenvalue weighted by Crippen LogP contribution is -2.17. The molecule has 130 valence electrons. The van der Waals surface area contributed by atoms with Crippen LogP contribution in [-0.2, 0) is 13.6 Å². The summed E-state index contributed by atoms with van der Waals surface area (Å²) in [6.45, 7) is 8.76. The Kier molecular flexibility index (Phi) is 4.39. The van der Waals surface area contributed by atoms with Gasteiger partial charge in [0.15, 0.2) is 0 Å². The van der Waals surface area contributed by atoms with Crippen LogP contribution in [0, 0.1) is 20.8 Å². The summed E-state index contributed by atoms with van der Waals surface area (Å²) in [6.07, 6.45) is 1.63. The predicted molar refractivity (Wildman–Crippen MR) is 97.9 cm³/mol. The largest absolute Gasteiger partial charge is 0.329 e. The Morgan fingerprint density at radius 3 is 2.72 bits per heavy atom. The zero-order valence-electron chi connectivity index (χ0n) is 15.2. The van der Waals surface area contributed by atoms with E-state index in [1.54, 1.807) is 23.0 Å².